The SMILES string of the molecule is O=C(O)CNc1c(Cl)cc([N+](=O)[O-])cc1Cl. The molecular weight excluding hydrogens is 259 g/mol. The quantitative estimate of drug-likeness (QED) is 0.644. The Labute approximate surface area is 99.9 Å². The van der Waals surface area contributed by atoms with Crippen molar-refractivity contribution in [1.82, 2.24) is 0 Å². The van der Waals surface area contributed by atoms with Crippen LogP contribution in [0.15, 0.2) is 12.1 Å². The fourth-order valence-electron chi connectivity index (χ4n) is 0.998. The molecule has 0 aliphatic carbocycles. The summed E-state index contributed by atoms with van der Waals surface area (Å²) in [6.07, 6.45) is 0. The molecule has 1 aromatic carbocycles. The van der Waals surface area contributed by atoms with Gasteiger partial charge in [0.25, 0.3) is 5.69 Å². The van der Waals surface area contributed by atoms with Crippen molar-refractivity contribution < 1.29 is 14.8 Å². The van der Waals surface area contributed by atoms with E-state index in [1.54, 1.807) is 0 Å². The van der Waals surface area contributed by atoms with Crippen molar-refractivity contribution in [3.05, 3.63) is 32.3 Å². The van der Waals surface area contributed by atoms with Crippen LogP contribution in [0.3, 0.4) is 0 Å². The molecule has 1 aromatic rings. The van der Waals surface area contributed by atoms with Gasteiger partial charge < -0.3 is 10.4 Å². The lowest BCUT2D eigenvalue weighted by molar-refractivity contribution is -0.384. The van der Waals surface area contributed by atoms with Crippen LogP contribution in [0.4, 0.5) is 11.4 Å². The molecule has 0 radical (unpaired) electrons. The summed E-state index contributed by atoms with van der Waals surface area (Å²) >= 11 is 11.4. The van der Waals surface area contributed by atoms with Gasteiger partial charge in [-0.25, -0.2) is 0 Å². The Morgan fingerprint density at radius 1 is 1.44 bits per heavy atom. The van der Waals surface area contributed by atoms with Gasteiger partial charge >= 0.3 is 5.97 Å². The number of nitro benzene ring substituents is 1. The molecular formula is C8H6Cl2N2O4. The number of rotatable bonds is 4. The molecule has 6 nitrogen and oxygen atoms in total. The first kappa shape index (κ1) is 12.5. The molecule has 0 fully saturated rings. The highest BCUT2D eigenvalue weighted by Crippen LogP contribution is 2.34. The number of non-ortho nitro benzene ring substituents is 1. The molecule has 0 heterocycles. The second-order valence-electron chi connectivity index (χ2n) is 2.79. The number of hydrogen-bond acceptors (Lipinski definition) is 4. The van der Waals surface area contributed by atoms with Crippen LogP contribution in [0, 0.1) is 10.1 Å². The lowest BCUT2D eigenvalue weighted by atomic mass is 10.3. The Morgan fingerprint density at radius 2 is 1.94 bits per heavy atom. The monoisotopic (exact) mass is 264 g/mol. The predicted octanol–water partition coefficient (Wildman–Crippen LogP) is 2.40. The number of carboxylic acid groups (broad SMARTS) is 1. The highest BCUT2D eigenvalue weighted by molar-refractivity contribution is 6.39. The van der Waals surface area contributed by atoms with E-state index in [1.807, 2.05) is 0 Å². The van der Waals surface area contributed by atoms with Crippen LogP contribution < -0.4 is 5.32 Å². The van der Waals surface area contributed by atoms with Crippen molar-refractivity contribution in [1.29, 1.82) is 0 Å². The average Bonchev–Trinajstić information content (AvgIpc) is 2.15. The van der Waals surface area contributed by atoms with Gasteiger partial charge in [-0.1, -0.05) is 23.2 Å². The zero-order chi connectivity index (χ0) is 12.3. The number of nitro groups is 1. The van der Waals surface area contributed by atoms with E-state index in [2.05, 4.69) is 5.32 Å². The summed E-state index contributed by atoms with van der Waals surface area (Å²) < 4.78 is 0. The number of halogens is 2. The van der Waals surface area contributed by atoms with Gasteiger partial charge in [0.15, 0.2) is 0 Å². The summed E-state index contributed by atoms with van der Waals surface area (Å²) in [7, 11) is 0. The second-order valence-corrected chi connectivity index (χ2v) is 3.60. The zero-order valence-corrected chi connectivity index (χ0v) is 9.25. The first-order valence-corrected chi connectivity index (χ1v) is 4.76. The van der Waals surface area contributed by atoms with E-state index in [0.717, 1.165) is 12.1 Å². The molecule has 2 N–H and O–H groups in total. The van der Waals surface area contributed by atoms with Gasteiger partial charge in [-0.3, -0.25) is 14.9 Å². The molecule has 8 heteroatoms. The molecule has 0 atom stereocenters. The van der Waals surface area contributed by atoms with E-state index < -0.39 is 10.9 Å². The van der Waals surface area contributed by atoms with Gasteiger partial charge in [-0.05, 0) is 0 Å². The topological polar surface area (TPSA) is 92.5 Å². The number of nitrogens with zero attached hydrogens (tertiary/aromatic N) is 1. The fourth-order valence-corrected chi connectivity index (χ4v) is 1.61. The lowest BCUT2D eigenvalue weighted by Crippen LogP contribution is -2.12. The number of hydrogen-bond donors (Lipinski definition) is 2. The van der Waals surface area contributed by atoms with E-state index >= 15 is 0 Å². The molecule has 0 aliphatic rings. The van der Waals surface area contributed by atoms with Crippen molar-refractivity contribution in [2.24, 2.45) is 0 Å². The Kier molecular flexibility index (Phi) is 3.92. The minimum atomic E-state index is -1.09. The zero-order valence-electron chi connectivity index (χ0n) is 7.74. The summed E-state index contributed by atoms with van der Waals surface area (Å²) in [5.74, 6) is -1.09. The number of aliphatic carboxylic acids is 1. The van der Waals surface area contributed by atoms with Crippen LogP contribution in [0.1, 0.15) is 0 Å². The normalized spacial score (nSPS) is 9.88. The van der Waals surface area contributed by atoms with Crippen molar-refractivity contribution in [3.8, 4) is 0 Å². The van der Waals surface area contributed by atoms with Gasteiger partial charge in [-0.15, -0.1) is 0 Å². The maximum absolute atomic E-state index is 10.5. The molecule has 0 aromatic heterocycles. The van der Waals surface area contributed by atoms with Crippen LogP contribution in [0.2, 0.25) is 10.0 Å². The van der Waals surface area contributed by atoms with Crippen molar-refractivity contribution in [2.45, 2.75) is 0 Å². The van der Waals surface area contributed by atoms with Gasteiger partial charge in [-0.2, -0.15) is 0 Å². The number of carbonyl (C=O) groups is 1. The van der Waals surface area contributed by atoms with Gasteiger partial charge in [0.2, 0.25) is 0 Å². The molecule has 1 rings (SSSR count). The van der Waals surface area contributed by atoms with Crippen LogP contribution >= 0.6 is 23.2 Å². The first-order chi connectivity index (χ1) is 7.41. The van der Waals surface area contributed by atoms with Crippen LogP contribution in [-0.4, -0.2) is 22.5 Å². The van der Waals surface area contributed by atoms with E-state index in [9.17, 15) is 14.9 Å². The Morgan fingerprint density at radius 3 is 2.31 bits per heavy atom. The molecule has 0 spiro atoms. The minimum Gasteiger partial charge on any atom is -0.480 e. The number of nitrogens with one attached hydrogen (secondary N) is 1. The summed E-state index contributed by atoms with van der Waals surface area (Å²) in [4.78, 5) is 20.1. The number of benzene rings is 1. The standard InChI is InChI=1S/C8H6Cl2N2O4/c9-5-1-4(12(15)16)2-6(10)8(5)11-3-7(13)14/h1-2,11H,3H2,(H,13,14). The third kappa shape index (κ3) is 2.98. The molecule has 0 amide bonds. The maximum atomic E-state index is 10.5. The molecule has 0 bridgehead atoms. The second kappa shape index (κ2) is 5.00. The molecule has 0 saturated carbocycles. The van der Waals surface area contributed by atoms with Crippen LogP contribution in [-0.2, 0) is 4.79 Å². The summed E-state index contributed by atoms with van der Waals surface area (Å²) in [5.41, 5.74) is -0.0905. The molecule has 16 heavy (non-hydrogen) atoms. The summed E-state index contributed by atoms with van der Waals surface area (Å²) in [6.45, 7) is -0.378. The number of carboxylic acids is 1. The molecule has 0 unspecified atom stereocenters. The van der Waals surface area contributed by atoms with Gasteiger partial charge in [0.05, 0.1) is 20.7 Å². The van der Waals surface area contributed by atoms with E-state index in [-0.39, 0.29) is 28.0 Å². The van der Waals surface area contributed by atoms with Gasteiger partial charge in [0, 0.05) is 12.1 Å². The maximum Gasteiger partial charge on any atom is 0.322 e. The predicted molar refractivity (Wildman–Crippen MR) is 59.2 cm³/mol. The first-order valence-electron chi connectivity index (χ1n) is 4.01. The Balaban J connectivity index is 3.03. The third-order valence-corrected chi connectivity index (χ3v) is 2.25. The van der Waals surface area contributed by atoms with Crippen LogP contribution in [0.25, 0.3) is 0 Å². The van der Waals surface area contributed by atoms with E-state index in [0.29, 0.717) is 0 Å². The molecule has 0 saturated heterocycles. The third-order valence-electron chi connectivity index (χ3n) is 1.65. The molecule has 0 aliphatic heterocycles. The Bertz CT molecular complexity index is 427. The van der Waals surface area contributed by atoms with Gasteiger partial charge in [0.1, 0.15) is 6.54 Å². The molecule has 86 valence electrons. The fraction of sp³-hybridized carbons (Fsp3) is 0.125. The highest BCUT2D eigenvalue weighted by atomic mass is 35.5. The summed E-state index contributed by atoms with van der Waals surface area (Å²) in [5, 5.41) is 21.4. The number of anilines is 1. The lowest BCUT2D eigenvalue weighted by Gasteiger charge is -2.07. The summed E-state index contributed by atoms with van der Waals surface area (Å²) in [6, 6.07) is 2.19. The minimum absolute atomic E-state index is 0.000417. The van der Waals surface area contributed by atoms with Crippen LogP contribution in [0.5, 0.6) is 0 Å². The Hall–Kier alpha value is -1.53. The van der Waals surface area contributed by atoms with E-state index in [1.165, 1.54) is 0 Å². The van der Waals surface area contributed by atoms with Crippen molar-refractivity contribution >= 4 is 40.5 Å². The smallest absolute Gasteiger partial charge is 0.322 e. The average molecular weight is 265 g/mol. The van der Waals surface area contributed by atoms with Crippen molar-refractivity contribution in [2.75, 3.05) is 11.9 Å². The largest absolute Gasteiger partial charge is 0.480 e. The highest BCUT2D eigenvalue weighted by Gasteiger charge is 2.14. The van der Waals surface area contributed by atoms with Crippen molar-refractivity contribution in [3.63, 3.8) is 0 Å². The van der Waals surface area contributed by atoms with E-state index in [4.69, 9.17) is 28.3 Å².